The van der Waals surface area contributed by atoms with Gasteiger partial charge in [0, 0.05) is 37.4 Å². The first-order valence-electron chi connectivity index (χ1n) is 10.0. The van der Waals surface area contributed by atoms with Crippen molar-refractivity contribution < 1.29 is 4.79 Å². The SMILES string of the molecule is CC(C)(C)C.O=C(C1CC1)N1CCN(CCC/C=C\CCCBr)CC1. The number of hydrogen-bond acceptors (Lipinski definition) is 2. The van der Waals surface area contributed by atoms with Gasteiger partial charge >= 0.3 is 0 Å². The molecule has 146 valence electrons. The summed E-state index contributed by atoms with van der Waals surface area (Å²) in [5.41, 5.74) is 0.500. The van der Waals surface area contributed by atoms with Gasteiger partial charge < -0.3 is 4.90 Å². The fraction of sp³-hybridized carbons (Fsp3) is 0.857. The molecule has 0 spiro atoms. The zero-order valence-electron chi connectivity index (χ0n) is 16.9. The molecule has 0 aromatic heterocycles. The average Bonchev–Trinajstić information content (AvgIpc) is 3.37. The molecule has 1 amide bonds. The Labute approximate surface area is 164 Å². The first-order chi connectivity index (χ1) is 11.8. The van der Waals surface area contributed by atoms with Crippen molar-refractivity contribution in [2.45, 2.75) is 66.2 Å². The molecule has 2 rings (SSSR count). The summed E-state index contributed by atoms with van der Waals surface area (Å²) in [7, 11) is 0. The van der Waals surface area contributed by atoms with Gasteiger partial charge in [0.25, 0.3) is 0 Å². The summed E-state index contributed by atoms with van der Waals surface area (Å²) in [6.07, 6.45) is 11.7. The van der Waals surface area contributed by atoms with Crippen LogP contribution in [0.3, 0.4) is 0 Å². The predicted octanol–water partition coefficient (Wildman–Crippen LogP) is 5.10. The number of allylic oxidation sites excluding steroid dienone is 2. The largest absolute Gasteiger partial charge is 0.340 e. The molecule has 0 unspecified atom stereocenters. The number of nitrogens with zero attached hydrogens (tertiary/aromatic N) is 2. The Hall–Kier alpha value is -0.350. The van der Waals surface area contributed by atoms with Gasteiger partial charge in [-0.15, -0.1) is 0 Å². The lowest BCUT2D eigenvalue weighted by Crippen LogP contribution is -2.49. The first kappa shape index (κ1) is 22.7. The molecule has 0 bridgehead atoms. The summed E-state index contributed by atoms with van der Waals surface area (Å²) in [5.74, 6) is 0.797. The molecule has 4 heteroatoms. The van der Waals surface area contributed by atoms with Crippen LogP contribution >= 0.6 is 15.9 Å². The molecule has 1 saturated carbocycles. The van der Waals surface area contributed by atoms with Crippen molar-refractivity contribution in [1.82, 2.24) is 9.80 Å². The number of alkyl halides is 1. The van der Waals surface area contributed by atoms with Crippen LogP contribution in [0.2, 0.25) is 0 Å². The quantitative estimate of drug-likeness (QED) is 0.313. The summed E-state index contributed by atoms with van der Waals surface area (Å²) < 4.78 is 0. The molecule has 25 heavy (non-hydrogen) atoms. The lowest BCUT2D eigenvalue weighted by Gasteiger charge is -2.34. The van der Waals surface area contributed by atoms with E-state index in [2.05, 4.69) is 65.6 Å². The Morgan fingerprint density at radius 2 is 1.52 bits per heavy atom. The van der Waals surface area contributed by atoms with Gasteiger partial charge in [0.1, 0.15) is 0 Å². The molecule has 0 N–H and O–H groups in total. The Balaban J connectivity index is 0.000000550. The molecular weight excluding hydrogens is 376 g/mol. The maximum Gasteiger partial charge on any atom is 0.225 e. The van der Waals surface area contributed by atoms with Crippen molar-refractivity contribution in [3.63, 3.8) is 0 Å². The van der Waals surface area contributed by atoms with Crippen molar-refractivity contribution in [2.24, 2.45) is 11.3 Å². The van der Waals surface area contributed by atoms with E-state index in [0.29, 0.717) is 17.2 Å². The predicted molar refractivity (Wildman–Crippen MR) is 112 cm³/mol. The van der Waals surface area contributed by atoms with Crippen LogP contribution in [-0.2, 0) is 4.79 Å². The van der Waals surface area contributed by atoms with Crippen molar-refractivity contribution in [3.05, 3.63) is 12.2 Å². The van der Waals surface area contributed by atoms with Gasteiger partial charge in [-0.05, 0) is 50.5 Å². The van der Waals surface area contributed by atoms with Crippen LogP contribution in [0.15, 0.2) is 12.2 Å². The third-order valence-electron chi connectivity index (χ3n) is 4.13. The topological polar surface area (TPSA) is 23.6 Å². The minimum Gasteiger partial charge on any atom is -0.340 e. The van der Waals surface area contributed by atoms with Crippen LogP contribution in [0, 0.1) is 11.3 Å². The highest BCUT2D eigenvalue weighted by Crippen LogP contribution is 2.31. The van der Waals surface area contributed by atoms with Crippen LogP contribution < -0.4 is 0 Å². The van der Waals surface area contributed by atoms with Crippen molar-refractivity contribution in [2.75, 3.05) is 38.1 Å². The summed E-state index contributed by atoms with van der Waals surface area (Å²) in [5, 5.41) is 1.10. The van der Waals surface area contributed by atoms with Gasteiger partial charge in [-0.2, -0.15) is 0 Å². The van der Waals surface area contributed by atoms with Crippen LogP contribution in [0.1, 0.15) is 66.2 Å². The second-order valence-electron chi connectivity index (χ2n) is 8.89. The maximum absolute atomic E-state index is 11.9. The van der Waals surface area contributed by atoms with E-state index < -0.39 is 0 Å². The Bertz CT molecular complexity index is 385. The van der Waals surface area contributed by atoms with Gasteiger partial charge in [-0.25, -0.2) is 0 Å². The van der Waals surface area contributed by atoms with Gasteiger partial charge in [-0.1, -0.05) is 55.8 Å². The van der Waals surface area contributed by atoms with Gasteiger partial charge in [0.2, 0.25) is 5.91 Å². The molecule has 2 fully saturated rings. The van der Waals surface area contributed by atoms with E-state index in [4.69, 9.17) is 0 Å². The highest BCUT2D eigenvalue weighted by atomic mass is 79.9. The summed E-state index contributed by atoms with van der Waals surface area (Å²) in [4.78, 5) is 16.5. The van der Waals surface area contributed by atoms with Crippen LogP contribution in [-0.4, -0.2) is 53.8 Å². The highest BCUT2D eigenvalue weighted by molar-refractivity contribution is 9.09. The Morgan fingerprint density at radius 3 is 2.00 bits per heavy atom. The Morgan fingerprint density at radius 1 is 1.00 bits per heavy atom. The van der Waals surface area contributed by atoms with Crippen molar-refractivity contribution in [1.29, 1.82) is 0 Å². The number of hydrogen-bond donors (Lipinski definition) is 0. The van der Waals surface area contributed by atoms with E-state index >= 15 is 0 Å². The zero-order valence-corrected chi connectivity index (χ0v) is 18.5. The molecule has 0 aromatic rings. The average molecular weight is 415 g/mol. The minimum atomic E-state index is 0.381. The molecule has 1 aliphatic heterocycles. The lowest BCUT2D eigenvalue weighted by atomic mass is 10.0. The monoisotopic (exact) mass is 414 g/mol. The van der Waals surface area contributed by atoms with Crippen molar-refractivity contribution in [3.8, 4) is 0 Å². The smallest absolute Gasteiger partial charge is 0.225 e. The minimum absolute atomic E-state index is 0.381. The third kappa shape index (κ3) is 12.6. The molecule has 1 heterocycles. The Kier molecular flexibility index (Phi) is 11.0. The third-order valence-corrected chi connectivity index (χ3v) is 4.69. The number of unbranched alkanes of at least 4 members (excludes halogenated alkanes) is 2. The van der Waals surface area contributed by atoms with E-state index in [-0.39, 0.29) is 0 Å². The zero-order chi connectivity index (χ0) is 18.7. The maximum atomic E-state index is 11.9. The molecule has 0 atom stereocenters. The molecule has 1 saturated heterocycles. The standard InChI is InChI=1S/C16H27BrN2O.C5H12/c17-9-5-3-1-2-4-6-10-18-11-13-19(14-12-18)16(20)15-7-8-15;1-5(2,3)4/h1-2,15H,3-14H2;1-4H3/b2-1-;. The second kappa shape index (κ2) is 12.1. The van der Waals surface area contributed by atoms with E-state index in [1.54, 1.807) is 0 Å². The summed E-state index contributed by atoms with van der Waals surface area (Å²) in [6.45, 7) is 13.9. The number of piperazine rings is 1. The molecule has 0 radical (unpaired) electrons. The number of halogens is 1. The number of rotatable bonds is 8. The fourth-order valence-electron chi connectivity index (χ4n) is 2.64. The van der Waals surface area contributed by atoms with E-state index in [0.717, 1.165) is 44.4 Å². The van der Waals surface area contributed by atoms with Gasteiger partial charge in [0.15, 0.2) is 0 Å². The highest BCUT2D eigenvalue weighted by Gasteiger charge is 2.34. The number of carbonyl (C=O) groups excluding carboxylic acids is 1. The van der Waals surface area contributed by atoms with Gasteiger partial charge in [0.05, 0.1) is 0 Å². The van der Waals surface area contributed by atoms with Crippen LogP contribution in [0.4, 0.5) is 0 Å². The lowest BCUT2D eigenvalue weighted by molar-refractivity contribution is -0.134. The van der Waals surface area contributed by atoms with E-state index in [9.17, 15) is 4.79 Å². The number of carbonyl (C=O) groups is 1. The molecular formula is C21H39BrN2O. The molecule has 0 aromatic carbocycles. The summed E-state index contributed by atoms with van der Waals surface area (Å²) in [6, 6.07) is 0. The fourth-order valence-corrected chi connectivity index (χ4v) is 2.97. The van der Waals surface area contributed by atoms with Crippen LogP contribution in [0.25, 0.3) is 0 Å². The molecule has 2 aliphatic rings. The summed E-state index contributed by atoms with van der Waals surface area (Å²) >= 11 is 3.44. The van der Waals surface area contributed by atoms with E-state index in [1.165, 1.54) is 32.2 Å². The van der Waals surface area contributed by atoms with E-state index in [1.807, 2.05) is 0 Å². The van der Waals surface area contributed by atoms with Crippen molar-refractivity contribution >= 4 is 21.8 Å². The second-order valence-corrected chi connectivity index (χ2v) is 9.68. The molecule has 3 nitrogen and oxygen atoms in total. The van der Waals surface area contributed by atoms with Gasteiger partial charge in [-0.3, -0.25) is 9.69 Å². The molecule has 1 aliphatic carbocycles. The number of amides is 1. The van der Waals surface area contributed by atoms with Crippen LogP contribution in [0.5, 0.6) is 0 Å². The first-order valence-corrected chi connectivity index (χ1v) is 11.2. The normalized spacial score (nSPS) is 19.0.